The standard InChI is InChI=1S/C16H21N3OS/c1-4-9-19-13(10-18(2)3)17-15-14(16(19)20)11-7-5-6-8-12(11)21-15/h4H,1,5-10H2,2-3H3. The van der Waals surface area contributed by atoms with Crippen LogP contribution in [-0.4, -0.2) is 28.5 Å². The SMILES string of the molecule is C=CCn1c(CN(C)C)nc2sc3c(c2c1=O)CCCC3. The van der Waals surface area contributed by atoms with E-state index in [1.807, 2.05) is 19.0 Å². The van der Waals surface area contributed by atoms with Gasteiger partial charge in [-0.1, -0.05) is 6.08 Å². The van der Waals surface area contributed by atoms with Gasteiger partial charge in [0.15, 0.2) is 0 Å². The molecule has 0 spiro atoms. The van der Waals surface area contributed by atoms with E-state index in [9.17, 15) is 4.79 Å². The van der Waals surface area contributed by atoms with Crippen LogP contribution in [0.1, 0.15) is 29.1 Å². The minimum absolute atomic E-state index is 0.108. The van der Waals surface area contributed by atoms with Gasteiger partial charge in [0.05, 0.1) is 11.9 Å². The molecule has 0 aromatic carbocycles. The molecule has 5 heteroatoms. The number of hydrogen-bond donors (Lipinski definition) is 0. The minimum atomic E-state index is 0.108. The molecule has 0 saturated carbocycles. The third-order valence-electron chi connectivity index (χ3n) is 3.92. The highest BCUT2D eigenvalue weighted by atomic mass is 32.1. The molecule has 0 saturated heterocycles. The number of thiophene rings is 1. The molecule has 1 aliphatic carbocycles. The molecule has 2 heterocycles. The molecule has 0 aliphatic heterocycles. The van der Waals surface area contributed by atoms with E-state index in [0.717, 1.165) is 28.9 Å². The highest BCUT2D eigenvalue weighted by Crippen LogP contribution is 2.33. The third-order valence-corrected chi connectivity index (χ3v) is 5.11. The molecule has 0 amide bonds. The first-order chi connectivity index (χ1) is 10.1. The Labute approximate surface area is 128 Å². The van der Waals surface area contributed by atoms with Crippen molar-refractivity contribution in [3.63, 3.8) is 0 Å². The summed E-state index contributed by atoms with van der Waals surface area (Å²) in [6.45, 7) is 4.97. The van der Waals surface area contributed by atoms with Crippen LogP contribution in [0.3, 0.4) is 0 Å². The summed E-state index contributed by atoms with van der Waals surface area (Å²) in [4.78, 5) is 22.0. The molecule has 0 unspecified atom stereocenters. The van der Waals surface area contributed by atoms with Crippen molar-refractivity contribution in [2.75, 3.05) is 14.1 Å². The van der Waals surface area contributed by atoms with E-state index in [1.165, 1.54) is 23.3 Å². The predicted molar refractivity (Wildman–Crippen MR) is 88.1 cm³/mol. The zero-order valence-electron chi connectivity index (χ0n) is 12.7. The number of nitrogens with zero attached hydrogens (tertiary/aromatic N) is 3. The second kappa shape index (κ2) is 5.73. The topological polar surface area (TPSA) is 38.1 Å². The molecular formula is C16H21N3OS. The first-order valence-electron chi connectivity index (χ1n) is 7.41. The summed E-state index contributed by atoms with van der Waals surface area (Å²) in [5.74, 6) is 0.830. The fourth-order valence-electron chi connectivity index (χ4n) is 3.00. The number of hydrogen-bond acceptors (Lipinski definition) is 4. The Hall–Kier alpha value is -1.46. The molecule has 112 valence electrons. The molecule has 2 aromatic heterocycles. The number of aromatic nitrogens is 2. The van der Waals surface area contributed by atoms with Gasteiger partial charge < -0.3 is 4.90 Å². The van der Waals surface area contributed by atoms with Gasteiger partial charge in [0, 0.05) is 11.4 Å². The molecule has 0 bridgehead atoms. The monoisotopic (exact) mass is 303 g/mol. The molecule has 2 aromatic rings. The van der Waals surface area contributed by atoms with Crippen molar-refractivity contribution < 1.29 is 0 Å². The highest BCUT2D eigenvalue weighted by molar-refractivity contribution is 7.18. The Kier molecular flexibility index (Phi) is 3.95. The first-order valence-corrected chi connectivity index (χ1v) is 8.23. The van der Waals surface area contributed by atoms with Crippen molar-refractivity contribution in [2.45, 2.75) is 38.8 Å². The molecule has 0 fully saturated rings. The van der Waals surface area contributed by atoms with E-state index >= 15 is 0 Å². The van der Waals surface area contributed by atoms with E-state index < -0.39 is 0 Å². The van der Waals surface area contributed by atoms with Crippen LogP contribution >= 0.6 is 11.3 Å². The average Bonchev–Trinajstić information content (AvgIpc) is 2.80. The maximum Gasteiger partial charge on any atom is 0.262 e. The van der Waals surface area contributed by atoms with Gasteiger partial charge in [-0.25, -0.2) is 4.98 Å². The summed E-state index contributed by atoms with van der Waals surface area (Å²) < 4.78 is 1.77. The van der Waals surface area contributed by atoms with Crippen molar-refractivity contribution in [1.29, 1.82) is 0 Å². The van der Waals surface area contributed by atoms with E-state index in [0.29, 0.717) is 13.1 Å². The van der Waals surface area contributed by atoms with Crippen molar-refractivity contribution in [3.05, 3.63) is 39.3 Å². The maximum atomic E-state index is 12.9. The Morgan fingerprint density at radius 1 is 1.38 bits per heavy atom. The van der Waals surface area contributed by atoms with Crippen molar-refractivity contribution in [2.24, 2.45) is 0 Å². The molecule has 21 heavy (non-hydrogen) atoms. The van der Waals surface area contributed by atoms with E-state index in [-0.39, 0.29) is 5.56 Å². The number of aryl methyl sites for hydroxylation is 2. The van der Waals surface area contributed by atoms with E-state index in [4.69, 9.17) is 4.98 Å². The van der Waals surface area contributed by atoms with E-state index in [1.54, 1.807) is 22.0 Å². The Balaban J connectivity index is 2.26. The maximum absolute atomic E-state index is 12.9. The van der Waals surface area contributed by atoms with Gasteiger partial charge in [-0.2, -0.15) is 0 Å². The van der Waals surface area contributed by atoms with Gasteiger partial charge in [-0.05, 0) is 45.3 Å². The number of fused-ring (bicyclic) bond motifs is 3. The van der Waals surface area contributed by atoms with Crippen LogP contribution in [0.2, 0.25) is 0 Å². The van der Waals surface area contributed by atoms with Gasteiger partial charge in [0.25, 0.3) is 5.56 Å². The summed E-state index contributed by atoms with van der Waals surface area (Å²) in [6, 6.07) is 0. The molecule has 0 N–H and O–H groups in total. The van der Waals surface area contributed by atoms with Gasteiger partial charge in [0.2, 0.25) is 0 Å². The lowest BCUT2D eigenvalue weighted by atomic mass is 9.97. The van der Waals surface area contributed by atoms with Gasteiger partial charge in [-0.15, -0.1) is 17.9 Å². The van der Waals surface area contributed by atoms with Crippen LogP contribution < -0.4 is 5.56 Å². The third kappa shape index (κ3) is 2.56. The quantitative estimate of drug-likeness (QED) is 0.815. The normalized spacial score (nSPS) is 14.6. The molecule has 0 atom stereocenters. The van der Waals surface area contributed by atoms with E-state index in [2.05, 4.69) is 6.58 Å². The lowest BCUT2D eigenvalue weighted by Gasteiger charge is -2.15. The fraction of sp³-hybridized carbons (Fsp3) is 0.500. The largest absolute Gasteiger partial charge is 0.302 e. The minimum Gasteiger partial charge on any atom is -0.302 e. The summed E-state index contributed by atoms with van der Waals surface area (Å²) >= 11 is 1.71. The number of allylic oxidation sites excluding steroid dienone is 1. The smallest absolute Gasteiger partial charge is 0.262 e. The Morgan fingerprint density at radius 2 is 2.14 bits per heavy atom. The second-order valence-electron chi connectivity index (χ2n) is 5.86. The van der Waals surface area contributed by atoms with Gasteiger partial charge in [0.1, 0.15) is 10.7 Å². The van der Waals surface area contributed by atoms with Crippen molar-refractivity contribution in [1.82, 2.24) is 14.5 Å². The average molecular weight is 303 g/mol. The highest BCUT2D eigenvalue weighted by Gasteiger charge is 2.21. The van der Waals surface area contributed by atoms with Crippen LogP contribution in [-0.2, 0) is 25.9 Å². The Morgan fingerprint density at radius 3 is 2.86 bits per heavy atom. The lowest BCUT2D eigenvalue weighted by molar-refractivity contribution is 0.379. The molecule has 3 rings (SSSR count). The van der Waals surface area contributed by atoms with Crippen LogP contribution in [0.4, 0.5) is 0 Å². The number of rotatable bonds is 4. The zero-order valence-corrected chi connectivity index (χ0v) is 13.5. The molecular weight excluding hydrogens is 282 g/mol. The van der Waals surface area contributed by atoms with Crippen molar-refractivity contribution >= 4 is 21.6 Å². The van der Waals surface area contributed by atoms with Crippen molar-refractivity contribution in [3.8, 4) is 0 Å². The van der Waals surface area contributed by atoms with Gasteiger partial charge in [-0.3, -0.25) is 9.36 Å². The summed E-state index contributed by atoms with van der Waals surface area (Å²) in [6.07, 6.45) is 6.30. The van der Waals surface area contributed by atoms with Crippen LogP contribution in [0.5, 0.6) is 0 Å². The summed E-state index contributed by atoms with van der Waals surface area (Å²) in [5, 5.41) is 0.860. The molecule has 1 aliphatic rings. The van der Waals surface area contributed by atoms with Crippen LogP contribution in [0.15, 0.2) is 17.4 Å². The fourth-order valence-corrected chi connectivity index (χ4v) is 4.27. The molecule has 4 nitrogen and oxygen atoms in total. The summed E-state index contributed by atoms with van der Waals surface area (Å²) in [5.41, 5.74) is 1.36. The Bertz CT molecular complexity index is 742. The lowest BCUT2D eigenvalue weighted by Crippen LogP contribution is -2.28. The predicted octanol–water partition coefficient (Wildman–Crippen LogP) is 2.58. The summed E-state index contributed by atoms with van der Waals surface area (Å²) in [7, 11) is 3.99. The van der Waals surface area contributed by atoms with Gasteiger partial charge >= 0.3 is 0 Å². The zero-order chi connectivity index (χ0) is 15.0. The van der Waals surface area contributed by atoms with Crippen LogP contribution in [0, 0.1) is 0 Å². The first kappa shape index (κ1) is 14.5. The van der Waals surface area contributed by atoms with Crippen LogP contribution in [0.25, 0.3) is 10.2 Å². The second-order valence-corrected chi connectivity index (χ2v) is 6.94. The molecule has 0 radical (unpaired) electrons.